The quantitative estimate of drug-likeness (QED) is 0.441. The molecule has 0 aliphatic carbocycles. The zero-order chi connectivity index (χ0) is 26.5. The Balaban J connectivity index is 1.17. The van der Waals surface area contributed by atoms with Crippen LogP contribution in [0.5, 0.6) is 0 Å². The molecule has 2 saturated heterocycles. The van der Waals surface area contributed by atoms with Gasteiger partial charge in [0, 0.05) is 60.9 Å². The second-order valence-corrected chi connectivity index (χ2v) is 11.7. The van der Waals surface area contributed by atoms with Crippen LogP contribution in [-0.2, 0) is 9.84 Å². The standard InChI is InChI=1S/C27H29N7O3S/c28-11-13-29-26(35)21-3-1-20(2-4-21)25-9-12-30-27(32-25)31-22-5-7-23(8-6-22)33-14-16-34(17-15-33)24-10-18-38(36,37)19-24/h1-9,12,24H,10,13-19H2,(H,29,35)(H,30,31,32)/t24-/m0/s1. The molecule has 3 aromatic rings. The number of nitriles is 1. The van der Waals surface area contributed by atoms with E-state index in [1.165, 1.54) is 0 Å². The number of amides is 1. The fourth-order valence-corrected chi connectivity index (χ4v) is 6.65. The van der Waals surface area contributed by atoms with Crippen molar-refractivity contribution in [2.24, 2.45) is 0 Å². The van der Waals surface area contributed by atoms with Crippen LogP contribution in [0.15, 0.2) is 60.8 Å². The lowest BCUT2D eigenvalue weighted by Crippen LogP contribution is -2.50. The number of nitrogens with one attached hydrogen (secondary N) is 2. The van der Waals surface area contributed by atoms with E-state index in [1.54, 1.807) is 24.4 Å². The molecule has 2 fully saturated rings. The van der Waals surface area contributed by atoms with Crippen LogP contribution in [0.2, 0.25) is 0 Å². The van der Waals surface area contributed by atoms with Gasteiger partial charge in [-0.15, -0.1) is 0 Å². The zero-order valence-electron chi connectivity index (χ0n) is 20.9. The fraction of sp³-hybridized carbons (Fsp3) is 0.333. The third-order valence-corrected chi connectivity index (χ3v) is 8.70. The summed E-state index contributed by atoms with van der Waals surface area (Å²) in [4.78, 5) is 25.6. The van der Waals surface area contributed by atoms with E-state index < -0.39 is 9.84 Å². The van der Waals surface area contributed by atoms with Crippen molar-refractivity contribution in [3.63, 3.8) is 0 Å². The minimum atomic E-state index is -2.86. The highest BCUT2D eigenvalue weighted by atomic mass is 32.2. The lowest BCUT2D eigenvalue weighted by molar-refractivity contribution is 0.0958. The monoisotopic (exact) mass is 531 g/mol. The number of sulfone groups is 1. The first-order valence-corrected chi connectivity index (χ1v) is 14.4. The third kappa shape index (κ3) is 6.10. The van der Waals surface area contributed by atoms with Gasteiger partial charge in [0.1, 0.15) is 6.54 Å². The molecule has 5 rings (SSSR count). The van der Waals surface area contributed by atoms with E-state index in [-0.39, 0.29) is 18.5 Å². The average molecular weight is 532 g/mol. The Kier molecular flexibility index (Phi) is 7.53. The molecule has 0 spiro atoms. The van der Waals surface area contributed by atoms with Crippen LogP contribution in [0.3, 0.4) is 0 Å². The van der Waals surface area contributed by atoms with Gasteiger partial charge < -0.3 is 15.5 Å². The molecule has 1 atom stereocenters. The molecule has 11 heteroatoms. The molecule has 0 saturated carbocycles. The number of carbonyl (C=O) groups is 1. The highest BCUT2D eigenvalue weighted by molar-refractivity contribution is 7.91. The van der Waals surface area contributed by atoms with Crippen molar-refractivity contribution < 1.29 is 13.2 Å². The number of carbonyl (C=O) groups excluding carboxylic acids is 1. The Morgan fingerprint density at radius 2 is 1.76 bits per heavy atom. The number of nitrogens with zero attached hydrogens (tertiary/aromatic N) is 5. The topological polar surface area (TPSA) is 131 Å². The van der Waals surface area contributed by atoms with Crippen molar-refractivity contribution in [3.8, 4) is 17.3 Å². The summed E-state index contributed by atoms with van der Waals surface area (Å²) < 4.78 is 23.6. The van der Waals surface area contributed by atoms with Gasteiger partial charge in [-0.3, -0.25) is 9.69 Å². The average Bonchev–Trinajstić information content (AvgIpc) is 3.32. The number of anilines is 3. The number of hydrogen-bond acceptors (Lipinski definition) is 9. The van der Waals surface area contributed by atoms with E-state index in [0.29, 0.717) is 23.0 Å². The van der Waals surface area contributed by atoms with Gasteiger partial charge in [-0.25, -0.2) is 18.4 Å². The van der Waals surface area contributed by atoms with Crippen LogP contribution in [0, 0.1) is 11.3 Å². The maximum Gasteiger partial charge on any atom is 0.252 e. The second kappa shape index (κ2) is 11.2. The fourth-order valence-electron chi connectivity index (χ4n) is 4.89. The molecule has 38 heavy (non-hydrogen) atoms. The summed E-state index contributed by atoms with van der Waals surface area (Å²) in [5, 5.41) is 14.4. The molecule has 196 valence electrons. The molecule has 1 aromatic heterocycles. The summed E-state index contributed by atoms with van der Waals surface area (Å²) in [5.41, 5.74) is 4.03. The highest BCUT2D eigenvalue weighted by Gasteiger charge is 2.33. The van der Waals surface area contributed by atoms with Crippen molar-refractivity contribution in [1.82, 2.24) is 20.2 Å². The molecule has 1 amide bonds. The van der Waals surface area contributed by atoms with Crippen LogP contribution < -0.4 is 15.5 Å². The van der Waals surface area contributed by atoms with Gasteiger partial charge in [0.25, 0.3) is 5.91 Å². The van der Waals surface area contributed by atoms with Gasteiger partial charge >= 0.3 is 0 Å². The minimum Gasteiger partial charge on any atom is -0.369 e. The number of aromatic nitrogens is 2. The predicted molar refractivity (Wildman–Crippen MR) is 146 cm³/mol. The Hall–Kier alpha value is -4.01. The van der Waals surface area contributed by atoms with Gasteiger partial charge in [-0.05, 0) is 48.9 Å². The largest absolute Gasteiger partial charge is 0.369 e. The number of benzene rings is 2. The van der Waals surface area contributed by atoms with Crippen molar-refractivity contribution >= 4 is 33.1 Å². The van der Waals surface area contributed by atoms with E-state index >= 15 is 0 Å². The molecule has 2 aromatic carbocycles. The molecule has 0 radical (unpaired) electrons. The Bertz CT molecular complexity index is 1430. The van der Waals surface area contributed by atoms with E-state index in [0.717, 1.165) is 55.2 Å². The summed E-state index contributed by atoms with van der Waals surface area (Å²) in [6.07, 6.45) is 2.43. The molecular weight excluding hydrogens is 502 g/mol. The summed E-state index contributed by atoms with van der Waals surface area (Å²) in [6.45, 7) is 3.44. The Morgan fingerprint density at radius 1 is 1.03 bits per heavy atom. The lowest BCUT2D eigenvalue weighted by Gasteiger charge is -2.38. The van der Waals surface area contributed by atoms with Crippen LogP contribution in [-0.4, -0.2) is 79.5 Å². The van der Waals surface area contributed by atoms with Crippen LogP contribution in [0.1, 0.15) is 16.8 Å². The van der Waals surface area contributed by atoms with E-state index in [2.05, 4.69) is 42.5 Å². The molecule has 0 unspecified atom stereocenters. The van der Waals surface area contributed by atoms with Crippen LogP contribution >= 0.6 is 0 Å². The third-order valence-electron chi connectivity index (χ3n) is 6.95. The summed E-state index contributed by atoms with van der Waals surface area (Å²) in [7, 11) is -2.86. The normalized spacial score (nSPS) is 19.0. The first-order valence-electron chi connectivity index (χ1n) is 12.6. The lowest BCUT2D eigenvalue weighted by atomic mass is 10.1. The number of piperazine rings is 1. The van der Waals surface area contributed by atoms with Gasteiger partial charge in [0.15, 0.2) is 9.84 Å². The molecule has 2 aliphatic heterocycles. The van der Waals surface area contributed by atoms with E-state index in [1.807, 2.05) is 30.3 Å². The number of rotatable bonds is 7. The van der Waals surface area contributed by atoms with Crippen LogP contribution in [0.4, 0.5) is 17.3 Å². The molecule has 2 N–H and O–H groups in total. The Morgan fingerprint density at radius 3 is 2.42 bits per heavy atom. The first-order chi connectivity index (χ1) is 18.4. The van der Waals surface area contributed by atoms with E-state index in [4.69, 9.17) is 5.26 Å². The smallest absolute Gasteiger partial charge is 0.252 e. The maximum atomic E-state index is 12.0. The summed E-state index contributed by atoms with van der Waals surface area (Å²) in [6, 6.07) is 19.0. The van der Waals surface area contributed by atoms with Gasteiger partial charge in [0.2, 0.25) is 5.95 Å². The minimum absolute atomic E-state index is 0.0339. The van der Waals surface area contributed by atoms with Gasteiger partial charge in [0.05, 0.1) is 23.3 Å². The highest BCUT2D eigenvalue weighted by Crippen LogP contribution is 2.25. The predicted octanol–water partition coefficient (Wildman–Crippen LogP) is 2.45. The van der Waals surface area contributed by atoms with Crippen molar-refractivity contribution in [2.45, 2.75) is 12.5 Å². The second-order valence-electron chi connectivity index (χ2n) is 9.44. The van der Waals surface area contributed by atoms with Crippen molar-refractivity contribution in [3.05, 3.63) is 66.4 Å². The van der Waals surface area contributed by atoms with Crippen molar-refractivity contribution in [2.75, 3.05) is 54.4 Å². The van der Waals surface area contributed by atoms with E-state index in [9.17, 15) is 13.2 Å². The SMILES string of the molecule is N#CCNC(=O)c1ccc(-c2ccnc(Nc3ccc(N4CCN([C@H]5CCS(=O)(=O)C5)CC4)cc3)n2)cc1. The molecule has 0 bridgehead atoms. The maximum absolute atomic E-state index is 12.0. The first kappa shape index (κ1) is 25.6. The molecule has 10 nitrogen and oxygen atoms in total. The summed E-state index contributed by atoms with van der Waals surface area (Å²) in [5.74, 6) is 0.778. The van der Waals surface area contributed by atoms with Crippen LogP contribution in [0.25, 0.3) is 11.3 Å². The summed E-state index contributed by atoms with van der Waals surface area (Å²) >= 11 is 0. The molecular formula is C27H29N7O3S. The van der Waals surface area contributed by atoms with Crippen molar-refractivity contribution in [1.29, 1.82) is 5.26 Å². The van der Waals surface area contributed by atoms with Gasteiger partial charge in [-0.1, -0.05) is 12.1 Å². The Labute approximate surface area is 222 Å². The zero-order valence-corrected chi connectivity index (χ0v) is 21.7. The molecule has 3 heterocycles. The molecule has 2 aliphatic rings. The number of hydrogen-bond donors (Lipinski definition) is 2. The van der Waals surface area contributed by atoms with Gasteiger partial charge in [-0.2, -0.15) is 5.26 Å².